The Hall–Kier alpha value is -1.10. The molecule has 116 valence electrons. The summed E-state index contributed by atoms with van der Waals surface area (Å²) < 4.78 is 0. The molecule has 2 rings (SSSR count). The molecule has 0 aliphatic carbocycles. The fourth-order valence-electron chi connectivity index (χ4n) is 2.84. The van der Waals surface area contributed by atoms with E-state index in [1.807, 2.05) is 19.1 Å². The predicted molar refractivity (Wildman–Crippen MR) is 87.7 cm³/mol. The Morgan fingerprint density at radius 2 is 2.29 bits per heavy atom. The highest BCUT2D eigenvalue weighted by Gasteiger charge is 2.23. The number of benzene rings is 1. The molecule has 1 heterocycles. The number of amides is 1. The van der Waals surface area contributed by atoms with Crippen molar-refractivity contribution in [1.82, 2.24) is 4.90 Å². The third-order valence-corrected chi connectivity index (χ3v) is 4.46. The number of halogens is 1. The number of likely N-dealkylation sites (tertiary alicyclic amines) is 1. The number of nitrogens with zero attached hydrogens (tertiary/aromatic N) is 1. The van der Waals surface area contributed by atoms with Crippen LogP contribution in [0.5, 0.6) is 0 Å². The highest BCUT2D eigenvalue weighted by molar-refractivity contribution is 6.31. The van der Waals surface area contributed by atoms with E-state index in [9.17, 15) is 4.79 Å². The average Bonchev–Trinajstić information content (AvgIpc) is 2.45. The molecule has 1 amide bonds. The monoisotopic (exact) mass is 309 g/mol. The first-order valence-corrected chi connectivity index (χ1v) is 7.98. The van der Waals surface area contributed by atoms with Gasteiger partial charge in [-0.3, -0.25) is 9.69 Å². The summed E-state index contributed by atoms with van der Waals surface area (Å²) in [6.07, 6.45) is 4.49. The lowest BCUT2D eigenvalue weighted by Gasteiger charge is -2.35. The second kappa shape index (κ2) is 7.78. The first kappa shape index (κ1) is 16.3. The number of carbonyl (C=O) groups excluding carboxylic acids is 1. The van der Waals surface area contributed by atoms with Gasteiger partial charge in [-0.05, 0) is 57.0 Å². The fraction of sp³-hybridized carbons (Fsp3) is 0.562. The molecule has 1 fully saturated rings. The summed E-state index contributed by atoms with van der Waals surface area (Å²) in [7, 11) is 0. The molecule has 5 heteroatoms. The highest BCUT2D eigenvalue weighted by atomic mass is 35.5. The van der Waals surface area contributed by atoms with Crippen molar-refractivity contribution in [3.63, 3.8) is 0 Å². The number of aryl methyl sites for hydroxylation is 1. The van der Waals surface area contributed by atoms with Gasteiger partial charge in [-0.25, -0.2) is 0 Å². The van der Waals surface area contributed by atoms with Crippen molar-refractivity contribution in [2.75, 3.05) is 25.0 Å². The van der Waals surface area contributed by atoms with Crippen LogP contribution in [0.2, 0.25) is 5.02 Å². The molecule has 21 heavy (non-hydrogen) atoms. The number of anilines is 1. The normalized spacial score (nSPS) is 19.5. The number of hydrogen-bond donors (Lipinski definition) is 2. The SMILES string of the molecule is Cc1ccc(NC(=O)CN2CCCCC2CCN)cc1Cl. The van der Waals surface area contributed by atoms with Gasteiger partial charge in [0, 0.05) is 16.8 Å². The van der Waals surface area contributed by atoms with E-state index in [0.717, 1.165) is 37.1 Å². The molecule has 1 saturated heterocycles. The zero-order chi connectivity index (χ0) is 15.2. The van der Waals surface area contributed by atoms with E-state index in [-0.39, 0.29) is 5.91 Å². The number of nitrogens with one attached hydrogen (secondary N) is 1. The van der Waals surface area contributed by atoms with E-state index < -0.39 is 0 Å². The van der Waals surface area contributed by atoms with Crippen molar-refractivity contribution in [2.24, 2.45) is 5.73 Å². The van der Waals surface area contributed by atoms with Crippen LogP contribution < -0.4 is 11.1 Å². The second-order valence-electron chi connectivity index (χ2n) is 5.71. The van der Waals surface area contributed by atoms with Gasteiger partial charge < -0.3 is 11.1 Å². The van der Waals surface area contributed by atoms with Gasteiger partial charge in [-0.15, -0.1) is 0 Å². The van der Waals surface area contributed by atoms with Crippen molar-refractivity contribution in [2.45, 2.75) is 38.6 Å². The van der Waals surface area contributed by atoms with Crippen LogP contribution in [0.1, 0.15) is 31.2 Å². The van der Waals surface area contributed by atoms with Crippen molar-refractivity contribution in [3.8, 4) is 0 Å². The van der Waals surface area contributed by atoms with Gasteiger partial charge in [0.15, 0.2) is 0 Å². The third-order valence-electron chi connectivity index (χ3n) is 4.05. The third kappa shape index (κ3) is 4.70. The van der Waals surface area contributed by atoms with Crippen LogP contribution >= 0.6 is 11.6 Å². The molecular formula is C16H24ClN3O. The van der Waals surface area contributed by atoms with Gasteiger partial charge >= 0.3 is 0 Å². The minimum absolute atomic E-state index is 0.0128. The molecule has 1 aromatic rings. The quantitative estimate of drug-likeness (QED) is 0.879. The molecule has 1 unspecified atom stereocenters. The van der Waals surface area contributed by atoms with Crippen LogP contribution in [0.25, 0.3) is 0 Å². The molecule has 0 aromatic heterocycles. The van der Waals surface area contributed by atoms with Gasteiger partial charge in [0.1, 0.15) is 0 Å². The second-order valence-corrected chi connectivity index (χ2v) is 6.12. The van der Waals surface area contributed by atoms with Crippen molar-refractivity contribution < 1.29 is 4.79 Å². The number of carbonyl (C=O) groups is 1. The summed E-state index contributed by atoms with van der Waals surface area (Å²) in [5.74, 6) is 0.0128. The maximum absolute atomic E-state index is 12.2. The molecule has 0 bridgehead atoms. The maximum atomic E-state index is 12.2. The minimum Gasteiger partial charge on any atom is -0.330 e. The van der Waals surface area contributed by atoms with E-state index >= 15 is 0 Å². The van der Waals surface area contributed by atoms with Gasteiger partial charge in [-0.1, -0.05) is 24.1 Å². The molecule has 4 nitrogen and oxygen atoms in total. The van der Waals surface area contributed by atoms with Crippen molar-refractivity contribution in [1.29, 1.82) is 0 Å². The lowest BCUT2D eigenvalue weighted by molar-refractivity contribution is -0.118. The van der Waals surface area contributed by atoms with Gasteiger partial charge in [0.05, 0.1) is 6.54 Å². The topological polar surface area (TPSA) is 58.4 Å². The van der Waals surface area contributed by atoms with Crippen LogP contribution in [0.4, 0.5) is 5.69 Å². The van der Waals surface area contributed by atoms with E-state index in [0.29, 0.717) is 24.2 Å². The number of rotatable bonds is 5. The van der Waals surface area contributed by atoms with E-state index in [2.05, 4.69) is 10.2 Å². The number of nitrogens with two attached hydrogens (primary N) is 1. The molecule has 1 aromatic carbocycles. The van der Waals surface area contributed by atoms with Crippen LogP contribution in [-0.2, 0) is 4.79 Å². The lowest BCUT2D eigenvalue weighted by Crippen LogP contribution is -2.44. The summed E-state index contributed by atoms with van der Waals surface area (Å²) in [6, 6.07) is 6.03. The highest BCUT2D eigenvalue weighted by Crippen LogP contribution is 2.21. The number of hydrogen-bond acceptors (Lipinski definition) is 3. The minimum atomic E-state index is 0.0128. The van der Waals surface area contributed by atoms with E-state index in [1.165, 1.54) is 6.42 Å². The Morgan fingerprint density at radius 3 is 3.00 bits per heavy atom. The molecule has 1 aliphatic rings. The Bertz CT molecular complexity index is 490. The molecule has 0 saturated carbocycles. The van der Waals surface area contributed by atoms with E-state index in [4.69, 9.17) is 17.3 Å². The zero-order valence-electron chi connectivity index (χ0n) is 12.6. The van der Waals surface area contributed by atoms with Gasteiger partial charge in [0.2, 0.25) is 5.91 Å². The molecule has 0 spiro atoms. The van der Waals surface area contributed by atoms with Crippen LogP contribution in [0.15, 0.2) is 18.2 Å². The number of piperidine rings is 1. The fourth-order valence-corrected chi connectivity index (χ4v) is 3.02. The van der Waals surface area contributed by atoms with Crippen LogP contribution in [0, 0.1) is 6.92 Å². The van der Waals surface area contributed by atoms with Crippen molar-refractivity contribution >= 4 is 23.2 Å². The maximum Gasteiger partial charge on any atom is 0.238 e. The summed E-state index contributed by atoms with van der Waals surface area (Å²) in [5, 5.41) is 3.60. The smallest absolute Gasteiger partial charge is 0.238 e. The summed E-state index contributed by atoms with van der Waals surface area (Å²) in [6.45, 7) is 4.03. The van der Waals surface area contributed by atoms with Crippen LogP contribution in [-0.4, -0.2) is 36.5 Å². The Morgan fingerprint density at radius 1 is 1.48 bits per heavy atom. The van der Waals surface area contributed by atoms with Crippen molar-refractivity contribution in [3.05, 3.63) is 28.8 Å². The van der Waals surface area contributed by atoms with Gasteiger partial charge in [-0.2, -0.15) is 0 Å². The predicted octanol–water partition coefficient (Wildman–Crippen LogP) is 2.79. The summed E-state index contributed by atoms with van der Waals surface area (Å²) in [4.78, 5) is 14.5. The van der Waals surface area contributed by atoms with Crippen LogP contribution in [0.3, 0.4) is 0 Å². The summed E-state index contributed by atoms with van der Waals surface area (Å²) in [5.41, 5.74) is 7.43. The molecule has 0 radical (unpaired) electrons. The Kier molecular flexibility index (Phi) is 6.03. The zero-order valence-corrected chi connectivity index (χ0v) is 13.3. The summed E-state index contributed by atoms with van der Waals surface area (Å²) >= 11 is 6.08. The first-order chi connectivity index (χ1) is 10.1. The first-order valence-electron chi connectivity index (χ1n) is 7.60. The standard InChI is InChI=1S/C16H24ClN3O/c1-12-5-6-13(10-15(12)17)19-16(21)11-20-9-3-2-4-14(20)7-8-18/h5-6,10,14H,2-4,7-9,11,18H2,1H3,(H,19,21). The van der Waals surface area contributed by atoms with Gasteiger partial charge in [0.25, 0.3) is 0 Å². The average molecular weight is 310 g/mol. The lowest BCUT2D eigenvalue weighted by atomic mass is 9.99. The Labute approximate surface area is 131 Å². The molecule has 3 N–H and O–H groups in total. The van der Waals surface area contributed by atoms with E-state index in [1.54, 1.807) is 6.07 Å². The molecule has 1 atom stereocenters. The Balaban J connectivity index is 1.92. The largest absolute Gasteiger partial charge is 0.330 e. The molecular weight excluding hydrogens is 286 g/mol. The molecule has 1 aliphatic heterocycles.